The molecule has 3 atom stereocenters. The third kappa shape index (κ3) is 6.01. The van der Waals surface area contributed by atoms with Crippen molar-refractivity contribution in [3.05, 3.63) is 29.8 Å². The number of hydrogen-bond donors (Lipinski definition) is 2. The monoisotopic (exact) mass is 394 g/mol. The van der Waals surface area contributed by atoms with E-state index in [1.807, 2.05) is 12.1 Å². The maximum atomic E-state index is 12.4. The number of para-hydroxylation sites is 1. The van der Waals surface area contributed by atoms with E-state index in [0.29, 0.717) is 30.3 Å². The number of nitrogens with one attached hydrogen (secondary N) is 2. The summed E-state index contributed by atoms with van der Waals surface area (Å²) in [5.74, 6) is 0.782. The minimum Gasteiger partial charge on any atom is -0.484 e. The molecule has 4 nitrogen and oxygen atoms in total. The first-order valence-electron chi connectivity index (χ1n) is 8.85. The molecule has 0 aromatic heterocycles. The zero-order valence-corrected chi connectivity index (χ0v) is 15.4. The van der Waals surface area contributed by atoms with Crippen molar-refractivity contribution in [3.63, 3.8) is 0 Å². The van der Waals surface area contributed by atoms with Crippen LogP contribution in [0.15, 0.2) is 24.3 Å². The molecule has 0 spiro atoms. The summed E-state index contributed by atoms with van der Waals surface area (Å²) in [6, 6.07) is 7.60. The highest BCUT2D eigenvalue weighted by molar-refractivity contribution is 5.85. The smallest absolute Gasteiger partial charge is 0.422 e. The Labute approximate surface area is 158 Å². The van der Waals surface area contributed by atoms with Gasteiger partial charge in [-0.25, -0.2) is 0 Å². The van der Waals surface area contributed by atoms with Gasteiger partial charge in [-0.15, -0.1) is 12.4 Å². The normalized spacial score (nSPS) is 26.3. The number of morpholine rings is 1. The summed E-state index contributed by atoms with van der Waals surface area (Å²) in [6.45, 7) is 1.60. The number of ether oxygens (including phenoxy) is 2. The zero-order chi connectivity index (χ0) is 17.7. The number of halogens is 4. The molecule has 1 heterocycles. The fraction of sp³-hybridized carbons (Fsp3) is 0.667. The van der Waals surface area contributed by atoms with E-state index in [0.717, 1.165) is 44.6 Å². The molecule has 1 aliphatic carbocycles. The summed E-state index contributed by atoms with van der Waals surface area (Å²) in [4.78, 5) is 0. The van der Waals surface area contributed by atoms with Crippen LogP contribution in [0.2, 0.25) is 0 Å². The van der Waals surface area contributed by atoms with Crippen molar-refractivity contribution in [1.29, 1.82) is 0 Å². The standard InChI is InChI=1S/C18H25F3N2O2.ClH/c19-18(20,21)12-25-17-7-2-1-4-13(17)10-23-15-6-3-5-14(15)16-11-24-9-8-22-16;/h1-2,4,7,14-16,22-23H,3,5-6,8-12H2;1H. The van der Waals surface area contributed by atoms with Gasteiger partial charge in [0.1, 0.15) is 5.75 Å². The third-order valence-corrected chi connectivity index (χ3v) is 4.96. The quantitative estimate of drug-likeness (QED) is 0.777. The molecule has 0 amide bonds. The summed E-state index contributed by atoms with van der Waals surface area (Å²) < 4.78 is 47.7. The van der Waals surface area contributed by atoms with E-state index < -0.39 is 12.8 Å². The van der Waals surface area contributed by atoms with Gasteiger partial charge in [-0.2, -0.15) is 13.2 Å². The summed E-state index contributed by atoms with van der Waals surface area (Å²) >= 11 is 0. The summed E-state index contributed by atoms with van der Waals surface area (Å²) in [5, 5.41) is 7.05. The van der Waals surface area contributed by atoms with E-state index in [1.54, 1.807) is 12.1 Å². The van der Waals surface area contributed by atoms with E-state index >= 15 is 0 Å². The van der Waals surface area contributed by atoms with Crippen molar-refractivity contribution < 1.29 is 22.6 Å². The van der Waals surface area contributed by atoms with Crippen LogP contribution in [0, 0.1) is 5.92 Å². The fourth-order valence-corrected chi connectivity index (χ4v) is 3.78. The van der Waals surface area contributed by atoms with Crippen molar-refractivity contribution in [2.45, 2.75) is 44.1 Å². The lowest BCUT2D eigenvalue weighted by molar-refractivity contribution is -0.153. The van der Waals surface area contributed by atoms with Crippen molar-refractivity contribution in [2.24, 2.45) is 5.92 Å². The second-order valence-electron chi connectivity index (χ2n) is 6.73. The van der Waals surface area contributed by atoms with Gasteiger partial charge in [0.05, 0.1) is 13.2 Å². The van der Waals surface area contributed by atoms with Gasteiger partial charge in [0.15, 0.2) is 6.61 Å². The lowest BCUT2D eigenvalue weighted by atomic mass is 9.94. The van der Waals surface area contributed by atoms with Crippen molar-refractivity contribution >= 4 is 12.4 Å². The molecule has 0 radical (unpaired) electrons. The Bertz CT molecular complexity index is 553. The van der Waals surface area contributed by atoms with Gasteiger partial charge >= 0.3 is 6.18 Å². The van der Waals surface area contributed by atoms with Crippen molar-refractivity contribution in [3.8, 4) is 5.75 Å². The number of benzene rings is 1. The molecule has 2 fully saturated rings. The first kappa shape index (κ1) is 21.3. The van der Waals surface area contributed by atoms with Gasteiger partial charge < -0.3 is 20.1 Å². The van der Waals surface area contributed by atoms with Crippen LogP contribution in [0.1, 0.15) is 24.8 Å². The Hall–Kier alpha value is -1.02. The molecule has 1 aliphatic heterocycles. The van der Waals surface area contributed by atoms with Gasteiger partial charge in [0, 0.05) is 30.7 Å². The van der Waals surface area contributed by atoms with Gasteiger partial charge in [-0.1, -0.05) is 24.6 Å². The molecule has 3 unspecified atom stereocenters. The molecule has 2 N–H and O–H groups in total. The van der Waals surface area contributed by atoms with E-state index in [2.05, 4.69) is 10.6 Å². The first-order chi connectivity index (χ1) is 12.0. The molecule has 2 aliphatic rings. The molecule has 1 aromatic rings. The summed E-state index contributed by atoms with van der Waals surface area (Å²) in [5.41, 5.74) is 0.755. The van der Waals surface area contributed by atoms with Crippen LogP contribution in [0.3, 0.4) is 0 Å². The second-order valence-corrected chi connectivity index (χ2v) is 6.73. The lowest BCUT2D eigenvalue weighted by Crippen LogP contribution is -2.50. The van der Waals surface area contributed by atoms with Crippen molar-refractivity contribution in [2.75, 3.05) is 26.4 Å². The van der Waals surface area contributed by atoms with Crippen LogP contribution in [-0.2, 0) is 11.3 Å². The van der Waals surface area contributed by atoms with Crippen LogP contribution < -0.4 is 15.4 Å². The van der Waals surface area contributed by atoms with E-state index in [1.165, 1.54) is 0 Å². The van der Waals surface area contributed by atoms with Crippen LogP contribution in [-0.4, -0.2) is 44.6 Å². The molecule has 3 rings (SSSR count). The second kappa shape index (κ2) is 9.78. The van der Waals surface area contributed by atoms with E-state index in [4.69, 9.17) is 9.47 Å². The minimum atomic E-state index is -4.33. The van der Waals surface area contributed by atoms with E-state index in [-0.39, 0.29) is 12.4 Å². The molecular formula is C18H26ClF3N2O2. The highest BCUT2D eigenvalue weighted by Gasteiger charge is 2.34. The average Bonchev–Trinajstić information content (AvgIpc) is 3.07. The Morgan fingerprint density at radius 1 is 1.23 bits per heavy atom. The number of rotatable bonds is 6. The average molecular weight is 395 g/mol. The Morgan fingerprint density at radius 3 is 2.77 bits per heavy atom. The predicted octanol–water partition coefficient (Wildman–Crippen LogP) is 3.30. The highest BCUT2D eigenvalue weighted by atomic mass is 35.5. The van der Waals surface area contributed by atoms with Gasteiger partial charge in [0.25, 0.3) is 0 Å². The molecular weight excluding hydrogens is 369 g/mol. The van der Waals surface area contributed by atoms with Gasteiger partial charge in [-0.05, 0) is 24.8 Å². The summed E-state index contributed by atoms with van der Waals surface area (Å²) in [6.07, 6.45) is -0.949. The van der Waals surface area contributed by atoms with Crippen molar-refractivity contribution in [1.82, 2.24) is 10.6 Å². The molecule has 1 saturated carbocycles. The molecule has 0 bridgehead atoms. The van der Waals surface area contributed by atoms with Crippen LogP contribution in [0.5, 0.6) is 5.75 Å². The number of hydrogen-bond acceptors (Lipinski definition) is 4. The van der Waals surface area contributed by atoms with E-state index in [9.17, 15) is 13.2 Å². The van der Waals surface area contributed by atoms with Gasteiger partial charge in [0.2, 0.25) is 0 Å². The maximum Gasteiger partial charge on any atom is 0.422 e. The Kier molecular flexibility index (Phi) is 8.01. The largest absolute Gasteiger partial charge is 0.484 e. The predicted molar refractivity (Wildman–Crippen MR) is 95.8 cm³/mol. The molecule has 1 aromatic carbocycles. The van der Waals surface area contributed by atoms with Crippen LogP contribution >= 0.6 is 12.4 Å². The van der Waals surface area contributed by atoms with Crippen LogP contribution in [0.25, 0.3) is 0 Å². The van der Waals surface area contributed by atoms with Gasteiger partial charge in [-0.3, -0.25) is 0 Å². The molecule has 26 heavy (non-hydrogen) atoms. The maximum absolute atomic E-state index is 12.4. The highest BCUT2D eigenvalue weighted by Crippen LogP contribution is 2.30. The Balaban J connectivity index is 0.00000243. The fourth-order valence-electron chi connectivity index (χ4n) is 3.78. The minimum absolute atomic E-state index is 0. The SMILES string of the molecule is Cl.FC(F)(F)COc1ccccc1CNC1CCCC1C1COCCN1. The zero-order valence-electron chi connectivity index (χ0n) is 14.6. The summed E-state index contributed by atoms with van der Waals surface area (Å²) in [7, 11) is 0. The lowest BCUT2D eigenvalue weighted by Gasteiger charge is -2.33. The molecule has 148 valence electrons. The topological polar surface area (TPSA) is 42.5 Å². The third-order valence-electron chi connectivity index (χ3n) is 4.96. The first-order valence-corrected chi connectivity index (χ1v) is 8.85. The molecule has 8 heteroatoms. The molecule has 1 saturated heterocycles. The number of alkyl halides is 3. The Morgan fingerprint density at radius 2 is 2.04 bits per heavy atom. The van der Waals surface area contributed by atoms with Crippen LogP contribution in [0.4, 0.5) is 13.2 Å².